The summed E-state index contributed by atoms with van der Waals surface area (Å²) in [6.07, 6.45) is 1.42. The lowest BCUT2D eigenvalue weighted by atomic mass is 10.0. The topological polar surface area (TPSA) is 77.2 Å². The maximum absolute atomic E-state index is 11.2. The summed E-state index contributed by atoms with van der Waals surface area (Å²) < 4.78 is 6.00. The van der Waals surface area contributed by atoms with E-state index >= 15 is 0 Å². The van der Waals surface area contributed by atoms with Crippen LogP contribution in [-0.4, -0.2) is 17.4 Å². The van der Waals surface area contributed by atoms with Crippen molar-refractivity contribution in [2.45, 2.75) is 19.4 Å². The molecule has 1 unspecified atom stereocenters. The van der Waals surface area contributed by atoms with Crippen molar-refractivity contribution >= 4 is 16.7 Å². The Morgan fingerprint density at radius 2 is 1.71 bits per heavy atom. The highest BCUT2D eigenvalue weighted by atomic mass is 16.5. The largest absolute Gasteiger partial charge is 0.438 e. The van der Waals surface area contributed by atoms with Crippen LogP contribution in [0.1, 0.15) is 34.3 Å². The first kappa shape index (κ1) is 20.6. The quantitative estimate of drug-likeness (QED) is 0.427. The Labute approximate surface area is 181 Å². The number of hydrogen-bond acceptors (Lipinski definition) is 4. The van der Waals surface area contributed by atoms with E-state index in [2.05, 4.69) is 53.6 Å². The molecule has 0 aliphatic heterocycles. The van der Waals surface area contributed by atoms with Crippen LogP contribution in [0.3, 0.4) is 0 Å². The van der Waals surface area contributed by atoms with Gasteiger partial charge in [0.25, 0.3) is 0 Å². The molecule has 3 N–H and O–H groups in total. The molecule has 1 amide bonds. The minimum absolute atomic E-state index is 0.350. The SMILES string of the molecule is CC(CNCc1ccc(Oc2ccc(C(N)=O)cn2)c2ccccc12)c1ccccc1. The molecule has 0 aliphatic carbocycles. The second kappa shape index (κ2) is 9.41. The summed E-state index contributed by atoms with van der Waals surface area (Å²) in [5.41, 5.74) is 8.16. The molecule has 156 valence electrons. The Morgan fingerprint density at radius 1 is 0.968 bits per heavy atom. The van der Waals surface area contributed by atoms with Crippen LogP contribution in [0.5, 0.6) is 11.6 Å². The van der Waals surface area contributed by atoms with Crippen LogP contribution in [0.4, 0.5) is 0 Å². The molecule has 5 heteroatoms. The molecule has 0 aliphatic rings. The van der Waals surface area contributed by atoms with Crippen molar-refractivity contribution < 1.29 is 9.53 Å². The van der Waals surface area contributed by atoms with E-state index in [-0.39, 0.29) is 0 Å². The molecule has 1 aromatic heterocycles. The molecule has 1 heterocycles. The summed E-state index contributed by atoms with van der Waals surface area (Å²) in [6, 6.07) is 26.0. The summed E-state index contributed by atoms with van der Waals surface area (Å²) in [5, 5.41) is 5.73. The Morgan fingerprint density at radius 3 is 2.42 bits per heavy atom. The maximum atomic E-state index is 11.2. The first-order valence-corrected chi connectivity index (χ1v) is 10.3. The second-order valence-electron chi connectivity index (χ2n) is 7.56. The van der Waals surface area contributed by atoms with Crippen LogP contribution >= 0.6 is 0 Å². The molecule has 0 saturated heterocycles. The molecule has 31 heavy (non-hydrogen) atoms. The molecule has 5 nitrogen and oxygen atoms in total. The van der Waals surface area contributed by atoms with Gasteiger partial charge in [0.15, 0.2) is 0 Å². The third-order valence-corrected chi connectivity index (χ3v) is 5.34. The number of aromatic nitrogens is 1. The van der Waals surface area contributed by atoms with E-state index in [1.807, 2.05) is 30.3 Å². The van der Waals surface area contributed by atoms with Gasteiger partial charge in [-0.2, -0.15) is 0 Å². The van der Waals surface area contributed by atoms with Crippen molar-refractivity contribution in [1.82, 2.24) is 10.3 Å². The number of carbonyl (C=O) groups is 1. The van der Waals surface area contributed by atoms with Crippen molar-refractivity contribution in [3.05, 3.63) is 102 Å². The van der Waals surface area contributed by atoms with Crippen LogP contribution in [0, 0.1) is 0 Å². The molecule has 0 spiro atoms. The fraction of sp³-hybridized carbons (Fsp3) is 0.154. The normalized spacial score (nSPS) is 11.9. The number of ether oxygens (including phenoxy) is 1. The predicted octanol–water partition coefficient (Wildman–Crippen LogP) is 5.02. The predicted molar refractivity (Wildman–Crippen MR) is 123 cm³/mol. The van der Waals surface area contributed by atoms with Crippen molar-refractivity contribution in [3.8, 4) is 11.6 Å². The molecule has 0 fully saturated rings. The van der Waals surface area contributed by atoms with Gasteiger partial charge in [-0.15, -0.1) is 0 Å². The molecule has 0 saturated carbocycles. The van der Waals surface area contributed by atoms with Gasteiger partial charge in [0.1, 0.15) is 5.75 Å². The molecular formula is C26H25N3O2. The lowest BCUT2D eigenvalue weighted by Gasteiger charge is -2.15. The number of nitrogens with zero attached hydrogens (tertiary/aromatic N) is 1. The van der Waals surface area contributed by atoms with Crippen molar-refractivity contribution in [2.75, 3.05) is 6.54 Å². The molecule has 1 atom stereocenters. The number of primary amides is 1. The Bertz CT molecular complexity index is 1170. The zero-order valence-corrected chi connectivity index (χ0v) is 17.4. The van der Waals surface area contributed by atoms with Gasteiger partial charge in [-0.1, -0.05) is 67.6 Å². The van der Waals surface area contributed by atoms with Crippen LogP contribution in [-0.2, 0) is 6.54 Å². The summed E-state index contributed by atoms with van der Waals surface area (Å²) >= 11 is 0. The van der Waals surface area contributed by atoms with E-state index in [0.29, 0.717) is 17.4 Å². The number of pyridine rings is 1. The van der Waals surface area contributed by atoms with Gasteiger partial charge in [-0.25, -0.2) is 4.98 Å². The average molecular weight is 412 g/mol. The lowest BCUT2D eigenvalue weighted by molar-refractivity contribution is 0.1000. The third-order valence-electron chi connectivity index (χ3n) is 5.34. The van der Waals surface area contributed by atoms with Gasteiger partial charge in [0, 0.05) is 30.7 Å². The van der Waals surface area contributed by atoms with Crippen LogP contribution in [0.15, 0.2) is 85.1 Å². The van der Waals surface area contributed by atoms with E-state index in [1.54, 1.807) is 12.1 Å². The fourth-order valence-corrected chi connectivity index (χ4v) is 3.60. The molecule has 4 aromatic rings. The van der Waals surface area contributed by atoms with Crippen molar-refractivity contribution in [2.24, 2.45) is 5.73 Å². The minimum atomic E-state index is -0.511. The van der Waals surface area contributed by atoms with Crippen LogP contribution < -0.4 is 15.8 Å². The first-order chi connectivity index (χ1) is 15.1. The van der Waals surface area contributed by atoms with E-state index < -0.39 is 5.91 Å². The number of amides is 1. The highest BCUT2D eigenvalue weighted by molar-refractivity contribution is 5.92. The van der Waals surface area contributed by atoms with Gasteiger partial charge in [-0.3, -0.25) is 4.79 Å². The smallest absolute Gasteiger partial charge is 0.250 e. The molecule has 4 rings (SSSR count). The van der Waals surface area contributed by atoms with Crippen molar-refractivity contribution in [1.29, 1.82) is 0 Å². The molecule has 0 radical (unpaired) electrons. The zero-order chi connectivity index (χ0) is 21.6. The van der Waals surface area contributed by atoms with Crippen molar-refractivity contribution in [3.63, 3.8) is 0 Å². The van der Waals surface area contributed by atoms with E-state index in [0.717, 1.165) is 29.6 Å². The highest BCUT2D eigenvalue weighted by Crippen LogP contribution is 2.31. The number of carbonyl (C=O) groups excluding carboxylic acids is 1. The summed E-state index contributed by atoms with van der Waals surface area (Å²) in [6.45, 7) is 3.89. The van der Waals surface area contributed by atoms with Gasteiger partial charge < -0.3 is 15.8 Å². The number of rotatable bonds is 8. The summed E-state index contributed by atoms with van der Waals surface area (Å²) in [5.74, 6) is 1.06. The lowest BCUT2D eigenvalue weighted by Crippen LogP contribution is -2.19. The second-order valence-corrected chi connectivity index (χ2v) is 7.56. The van der Waals surface area contributed by atoms with E-state index in [1.165, 1.54) is 17.3 Å². The standard InChI is InChI=1S/C26H25N3O2/c1-18(19-7-3-2-4-8-19)15-28-16-20-11-13-24(23-10-6-5-9-22(20)23)31-25-14-12-21(17-29-25)26(27)30/h2-14,17-18,28H,15-16H2,1H3,(H2,27,30). The number of fused-ring (bicyclic) bond motifs is 1. The monoisotopic (exact) mass is 411 g/mol. The Balaban J connectivity index is 1.49. The molecule has 3 aromatic carbocycles. The van der Waals surface area contributed by atoms with E-state index in [9.17, 15) is 4.79 Å². The van der Waals surface area contributed by atoms with Gasteiger partial charge >= 0.3 is 0 Å². The van der Waals surface area contributed by atoms with Gasteiger partial charge in [-0.05, 0) is 34.6 Å². The summed E-state index contributed by atoms with van der Waals surface area (Å²) in [7, 11) is 0. The number of nitrogens with two attached hydrogens (primary N) is 1. The number of hydrogen-bond donors (Lipinski definition) is 2. The maximum Gasteiger partial charge on any atom is 0.250 e. The molecule has 0 bridgehead atoms. The first-order valence-electron chi connectivity index (χ1n) is 10.3. The fourth-order valence-electron chi connectivity index (χ4n) is 3.60. The zero-order valence-electron chi connectivity index (χ0n) is 17.4. The number of benzene rings is 3. The number of nitrogens with one attached hydrogen (secondary N) is 1. The van der Waals surface area contributed by atoms with Crippen LogP contribution in [0.2, 0.25) is 0 Å². The minimum Gasteiger partial charge on any atom is -0.438 e. The Hall–Kier alpha value is -3.70. The summed E-state index contributed by atoms with van der Waals surface area (Å²) in [4.78, 5) is 15.4. The molecular weight excluding hydrogens is 386 g/mol. The van der Waals surface area contributed by atoms with Crippen LogP contribution in [0.25, 0.3) is 10.8 Å². The van der Waals surface area contributed by atoms with Gasteiger partial charge in [0.05, 0.1) is 5.56 Å². The third kappa shape index (κ3) is 4.90. The average Bonchev–Trinajstić information content (AvgIpc) is 2.81. The highest BCUT2D eigenvalue weighted by Gasteiger charge is 2.10. The Kier molecular flexibility index (Phi) is 6.24. The van der Waals surface area contributed by atoms with E-state index in [4.69, 9.17) is 10.5 Å². The van der Waals surface area contributed by atoms with Gasteiger partial charge in [0.2, 0.25) is 11.8 Å².